The molecular weight excluding hydrogens is 490 g/mol. The standard InChI is InChI=1S/C26H25N7O5/c1-37-18-14-30-23(28-10-9-27)21-20(18)17(13-29-21)22(34)25(35)33-11-7-16(8-12-33)19(15-5-3-2-4-6-15)24-31-32-26(36)38-24/h2-6,9-10,13-14,29H,7-8,11-12,27H2,1H3,(H,28,30)(H,32,36)/p+1. The molecule has 0 unspecified atom stereocenters. The van der Waals surface area contributed by atoms with Gasteiger partial charge in [0.25, 0.3) is 11.7 Å². The lowest BCUT2D eigenvalue weighted by molar-refractivity contribution is -0.360. The summed E-state index contributed by atoms with van der Waals surface area (Å²) < 4.78 is 10.7. The number of pyridine rings is 1. The smallest absolute Gasteiger partial charge is 0.434 e. The van der Waals surface area contributed by atoms with Gasteiger partial charge in [0.05, 0.1) is 18.1 Å². The minimum atomic E-state index is -0.643. The molecule has 1 amide bonds. The number of Topliss-reactive ketones (excluding diaryl/α,β-unsaturated/α-hetero) is 1. The Morgan fingerprint density at radius 3 is 2.66 bits per heavy atom. The molecule has 1 aliphatic heterocycles. The minimum Gasteiger partial charge on any atom is -0.492 e. The van der Waals surface area contributed by atoms with Gasteiger partial charge in [0.2, 0.25) is 5.89 Å². The lowest BCUT2D eigenvalue weighted by Gasteiger charge is -2.29. The number of fused-ring (bicyclic) bond motifs is 1. The van der Waals surface area contributed by atoms with Gasteiger partial charge >= 0.3 is 11.6 Å². The Morgan fingerprint density at radius 1 is 1.24 bits per heavy atom. The average Bonchev–Trinajstić information content (AvgIpc) is 3.59. The van der Waals surface area contributed by atoms with Crippen molar-refractivity contribution < 1.29 is 23.7 Å². The monoisotopic (exact) mass is 516 g/mol. The Bertz CT molecular complexity index is 1600. The van der Waals surface area contributed by atoms with Crippen LogP contribution in [-0.2, 0) is 4.79 Å². The van der Waals surface area contributed by atoms with Crippen LogP contribution in [0, 0.1) is 0 Å². The highest BCUT2D eigenvalue weighted by atomic mass is 16.5. The molecule has 0 atom stereocenters. The second kappa shape index (κ2) is 10.5. The topological polar surface area (TPSA) is 173 Å². The number of amides is 1. The number of nitrogens with one attached hydrogen (secondary N) is 4. The first-order valence-electron chi connectivity index (χ1n) is 11.9. The number of benzene rings is 1. The molecule has 0 spiro atoms. The van der Waals surface area contributed by atoms with Gasteiger partial charge in [-0.2, -0.15) is 0 Å². The molecule has 0 bridgehead atoms. The van der Waals surface area contributed by atoms with Crippen molar-refractivity contribution in [1.29, 1.82) is 0 Å². The molecule has 194 valence electrons. The maximum absolute atomic E-state index is 13.4. The Labute approximate surface area is 216 Å². The maximum Gasteiger partial charge on any atom is 0.434 e. The van der Waals surface area contributed by atoms with Crippen molar-refractivity contribution in [3.05, 3.63) is 88.3 Å². The van der Waals surface area contributed by atoms with Crippen LogP contribution in [0.3, 0.4) is 0 Å². The fraction of sp³-hybridized carbons (Fsp3) is 0.192. The summed E-state index contributed by atoms with van der Waals surface area (Å²) in [6, 6.07) is 9.49. The quantitative estimate of drug-likeness (QED) is 0.213. The first-order chi connectivity index (χ1) is 18.5. The molecular formula is C26H26N7O5+. The van der Waals surface area contributed by atoms with Gasteiger partial charge in [0.15, 0.2) is 5.75 Å². The number of ketones is 1. The van der Waals surface area contributed by atoms with Crippen molar-refractivity contribution in [2.45, 2.75) is 12.8 Å². The van der Waals surface area contributed by atoms with E-state index in [0.717, 1.165) is 11.1 Å². The summed E-state index contributed by atoms with van der Waals surface area (Å²) in [6.45, 7) is 0.651. The van der Waals surface area contributed by atoms with Crippen LogP contribution >= 0.6 is 0 Å². The van der Waals surface area contributed by atoms with Gasteiger partial charge in [0, 0.05) is 31.1 Å². The summed E-state index contributed by atoms with van der Waals surface area (Å²) in [6.07, 6.45) is 6.95. The number of methoxy groups -OCH3 is 1. The van der Waals surface area contributed by atoms with Crippen LogP contribution in [0.25, 0.3) is 16.5 Å². The van der Waals surface area contributed by atoms with E-state index in [0.29, 0.717) is 54.0 Å². The van der Waals surface area contributed by atoms with E-state index in [1.165, 1.54) is 30.6 Å². The highest BCUT2D eigenvalue weighted by molar-refractivity contribution is 6.45. The van der Waals surface area contributed by atoms with Crippen molar-refractivity contribution in [3.63, 3.8) is 0 Å². The van der Waals surface area contributed by atoms with Gasteiger partial charge in [-0.3, -0.25) is 9.59 Å². The molecule has 12 nitrogen and oxygen atoms in total. The third kappa shape index (κ3) is 4.54. The summed E-state index contributed by atoms with van der Waals surface area (Å²) in [7, 11) is 1.49. The Morgan fingerprint density at radius 2 is 2.00 bits per heavy atom. The normalized spacial score (nSPS) is 13.7. The summed E-state index contributed by atoms with van der Waals surface area (Å²) in [5, 5.41) is 9.80. The number of nitrogens with two attached hydrogens (primary N) is 1. The number of anilines is 1. The number of aromatic amines is 3. The predicted octanol–water partition coefficient (Wildman–Crippen LogP) is 1.82. The van der Waals surface area contributed by atoms with Crippen LogP contribution in [0.5, 0.6) is 5.75 Å². The zero-order valence-electron chi connectivity index (χ0n) is 20.5. The second-order valence-corrected chi connectivity index (χ2v) is 8.57. The number of nitrogens with zero attached hydrogens (tertiary/aromatic N) is 2. The molecule has 0 radical (unpaired) electrons. The first-order valence-corrected chi connectivity index (χ1v) is 11.9. The molecule has 0 saturated carbocycles. The fourth-order valence-electron chi connectivity index (χ4n) is 4.65. The number of hydrogen-bond acceptors (Lipinski definition) is 8. The van der Waals surface area contributed by atoms with Crippen LogP contribution in [0.4, 0.5) is 5.82 Å². The number of aromatic nitrogens is 4. The molecule has 4 aromatic rings. The maximum atomic E-state index is 13.4. The lowest BCUT2D eigenvalue weighted by Crippen LogP contribution is -2.40. The number of ether oxygens (including phenoxy) is 1. The molecule has 12 heteroatoms. The van der Waals surface area contributed by atoms with Gasteiger partial charge in [-0.05, 0) is 18.4 Å². The van der Waals surface area contributed by atoms with Crippen molar-refractivity contribution in [2.75, 3.05) is 25.5 Å². The highest BCUT2D eigenvalue weighted by Gasteiger charge is 2.31. The molecule has 4 heterocycles. The van der Waals surface area contributed by atoms with Gasteiger partial charge < -0.3 is 24.8 Å². The van der Waals surface area contributed by atoms with Crippen LogP contribution in [0.1, 0.15) is 34.7 Å². The summed E-state index contributed by atoms with van der Waals surface area (Å²) >= 11 is 0. The molecule has 1 saturated heterocycles. The molecule has 38 heavy (non-hydrogen) atoms. The van der Waals surface area contributed by atoms with E-state index in [4.69, 9.17) is 14.9 Å². The third-order valence-corrected chi connectivity index (χ3v) is 6.43. The molecule has 1 fully saturated rings. The van der Waals surface area contributed by atoms with Crippen molar-refractivity contribution in [3.8, 4) is 5.75 Å². The number of likely N-dealkylation sites (tertiary alicyclic amines) is 1. The highest BCUT2D eigenvalue weighted by Crippen LogP contribution is 2.33. The van der Waals surface area contributed by atoms with E-state index >= 15 is 0 Å². The number of hydrogen-bond donors (Lipinski definition) is 4. The van der Waals surface area contributed by atoms with Gasteiger partial charge in [-0.1, -0.05) is 35.9 Å². The number of piperidine rings is 1. The van der Waals surface area contributed by atoms with Gasteiger partial charge in [-0.25, -0.2) is 20.2 Å². The molecule has 6 N–H and O–H groups in total. The number of carbonyl (C=O) groups is 2. The summed E-state index contributed by atoms with van der Waals surface area (Å²) in [5.41, 5.74) is 8.75. The van der Waals surface area contributed by atoms with Gasteiger partial charge in [-0.15, -0.1) is 5.10 Å². The van der Waals surface area contributed by atoms with Crippen molar-refractivity contribution in [2.24, 2.45) is 5.73 Å². The van der Waals surface area contributed by atoms with Crippen LogP contribution in [0.15, 0.2) is 69.9 Å². The van der Waals surface area contributed by atoms with E-state index in [-0.39, 0.29) is 11.5 Å². The molecule has 5 rings (SSSR count). The fourth-order valence-corrected chi connectivity index (χ4v) is 4.65. The minimum absolute atomic E-state index is 0.198. The Balaban J connectivity index is 1.41. The number of carbonyl (C=O) groups excluding carboxylic acids is 2. The van der Waals surface area contributed by atoms with Gasteiger partial charge in [0.1, 0.15) is 17.9 Å². The molecule has 0 aliphatic carbocycles. The number of rotatable bonds is 7. The first kappa shape index (κ1) is 24.6. The number of H-pyrrole nitrogens is 3. The largest absolute Gasteiger partial charge is 0.492 e. The van der Waals surface area contributed by atoms with E-state index in [2.05, 4.69) is 25.5 Å². The van der Waals surface area contributed by atoms with Crippen molar-refractivity contribution in [1.82, 2.24) is 20.1 Å². The van der Waals surface area contributed by atoms with Crippen LogP contribution < -0.4 is 26.5 Å². The average molecular weight is 517 g/mol. The molecule has 1 aromatic carbocycles. The zero-order chi connectivity index (χ0) is 26.6. The molecule has 3 aromatic heterocycles. The lowest BCUT2D eigenvalue weighted by atomic mass is 9.92. The van der Waals surface area contributed by atoms with Crippen molar-refractivity contribution >= 4 is 34.0 Å². The predicted molar refractivity (Wildman–Crippen MR) is 138 cm³/mol. The van der Waals surface area contributed by atoms with E-state index in [9.17, 15) is 14.4 Å². The van der Waals surface area contributed by atoms with E-state index in [1.807, 2.05) is 30.3 Å². The second-order valence-electron chi connectivity index (χ2n) is 8.57. The summed E-state index contributed by atoms with van der Waals surface area (Å²) in [4.78, 5) is 45.9. The zero-order valence-corrected chi connectivity index (χ0v) is 20.5. The van der Waals surface area contributed by atoms with E-state index < -0.39 is 17.4 Å². The Kier molecular flexibility index (Phi) is 6.76. The third-order valence-electron chi connectivity index (χ3n) is 6.43. The van der Waals surface area contributed by atoms with Crippen LogP contribution in [-0.4, -0.2) is 52.0 Å². The van der Waals surface area contributed by atoms with Crippen LogP contribution in [0.2, 0.25) is 0 Å². The molecule has 1 aliphatic rings. The SMILES string of the molecule is COc1c[nH+]c(NC=CN)c2[nH]cc(C(=O)C(=O)N3CCC(=C(c4ccccc4)c4n[nH]c(=O)o4)CC3)c12. The summed E-state index contributed by atoms with van der Waals surface area (Å²) in [5.74, 6) is -0.726. The Hall–Kier alpha value is -5.13. The van der Waals surface area contributed by atoms with E-state index in [1.54, 1.807) is 6.20 Å².